The van der Waals surface area contributed by atoms with Gasteiger partial charge in [0.05, 0.1) is 12.8 Å². The first-order chi connectivity index (χ1) is 9.61. The van der Waals surface area contributed by atoms with Crippen molar-refractivity contribution in [1.82, 2.24) is 10.6 Å². The molecule has 0 aliphatic carbocycles. The molecule has 0 radical (unpaired) electrons. The van der Waals surface area contributed by atoms with E-state index in [1.807, 2.05) is 0 Å². The average molecular weight is 277 g/mol. The fourth-order valence-corrected chi connectivity index (χ4v) is 2.17. The maximum Gasteiger partial charge on any atom is 0.252 e. The molecule has 2 amide bonds. The highest BCUT2D eigenvalue weighted by Crippen LogP contribution is 2.22. The molecular formula is C14H19N3O3. The number of carbonyl (C=O) groups excluding carboxylic acids is 2. The lowest BCUT2D eigenvalue weighted by atomic mass is 10.1. The van der Waals surface area contributed by atoms with Gasteiger partial charge in [0.1, 0.15) is 11.8 Å². The molecule has 1 fully saturated rings. The lowest BCUT2D eigenvalue weighted by Gasteiger charge is -2.15. The van der Waals surface area contributed by atoms with Gasteiger partial charge >= 0.3 is 0 Å². The van der Waals surface area contributed by atoms with Crippen molar-refractivity contribution in [3.05, 3.63) is 23.8 Å². The van der Waals surface area contributed by atoms with Crippen molar-refractivity contribution < 1.29 is 14.3 Å². The van der Waals surface area contributed by atoms with Gasteiger partial charge in [-0.3, -0.25) is 9.59 Å². The molecule has 6 nitrogen and oxygen atoms in total. The molecule has 6 heteroatoms. The predicted molar refractivity (Wildman–Crippen MR) is 75.5 cm³/mol. The second kappa shape index (κ2) is 6.27. The molecule has 1 aromatic carbocycles. The van der Waals surface area contributed by atoms with Gasteiger partial charge in [-0.15, -0.1) is 0 Å². The van der Waals surface area contributed by atoms with Gasteiger partial charge in [0.25, 0.3) is 5.91 Å². The van der Waals surface area contributed by atoms with Crippen molar-refractivity contribution in [2.45, 2.75) is 25.3 Å². The Labute approximate surface area is 117 Å². The van der Waals surface area contributed by atoms with Crippen LogP contribution >= 0.6 is 0 Å². The summed E-state index contributed by atoms with van der Waals surface area (Å²) < 4.78 is 5.08. The molecule has 4 N–H and O–H groups in total. The Morgan fingerprint density at radius 1 is 1.45 bits per heavy atom. The van der Waals surface area contributed by atoms with Crippen molar-refractivity contribution in [2.75, 3.05) is 19.4 Å². The Morgan fingerprint density at radius 3 is 3.00 bits per heavy atom. The molecule has 0 spiro atoms. The number of nitrogens with one attached hydrogen (secondary N) is 2. The van der Waals surface area contributed by atoms with Crippen LogP contribution in [0.4, 0.5) is 5.69 Å². The number of methoxy groups -OCH3 is 1. The second-order valence-electron chi connectivity index (χ2n) is 4.77. The summed E-state index contributed by atoms with van der Waals surface area (Å²) in [5, 5.41) is 5.53. The van der Waals surface area contributed by atoms with E-state index in [4.69, 9.17) is 10.5 Å². The number of rotatable bonds is 3. The minimum absolute atomic E-state index is 0.127. The van der Waals surface area contributed by atoms with E-state index in [1.54, 1.807) is 18.2 Å². The monoisotopic (exact) mass is 277 g/mol. The number of amides is 2. The molecule has 1 aliphatic rings. The Balaban J connectivity index is 2.09. The molecule has 1 aromatic rings. The highest BCUT2D eigenvalue weighted by atomic mass is 16.5. The number of nitrogen functional groups attached to an aromatic ring is 1. The SMILES string of the molecule is COc1cc(C(=O)NC2CCCCNC2=O)ccc1N. The number of hydrogen-bond acceptors (Lipinski definition) is 4. The third kappa shape index (κ3) is 3.20. The molecule has 108 valence electrons. The van der Waals surface area contributed by atoms with Gasteiger partial charge in [-0.2, -0.15) is 0 Å². The van der Waals surface area contributed by atoms with Crippen molar-refractivity contribution in [2.24, 2.45) is 0 Å². The number of carbonyl (C=O) groups is 2. The van der Waals surface area contributed by atoms with E-state index >= 15 is 0 Å². The zero-order chi connectivity index (χ0) is 14.5. The summed E-state index contributed by atoms with van der Waals surface area (Å²) in [6.45, 7) is 0.668. The van der Waals surface area contributed by atoms with Crippen LogP contribution in [0.5, 0.6) is 5.75 Å². The summed E-state index contributed by atoms with van der Waals surface area (Å²) in [5.41, 5.74) is 6.60. The molecule has 1 atom stereocenters. The summed E-state index contributed by atoms with van der Waals surface area (Å²) in [6.07, 6.45) is 2.51. The van der Waals surface area contributed by atoms with Crippen molar-refractivity contribution >= 4 is 17.5 Å². The fraction of sp³-hybridized carbons (Fsp3) is 0.429. The molecule has 1 aliphatic heterocycles. The lowest BCUT2D eigenvalue weighted by molar-refractivity contribution is -0.122. The highest BCUT2D eigenvalue weighted by molar-refractivity contribution is 5.98. The second-order valence-corrected chi connectivity index (χ2v) is 4.77. The zero-order valence-electron chi connectivity index (χ0n) is 11.4. The fourth-order valence-electron chi connectivity index (χ4n) is 2.17. The standard InChI is InChI=1S/C14H19N3O3/c1-20-12-8-9(5-6-10(12)15)13(18)17-11-4-2-3-7-16-14(11)19/h5-6,8,11H,2-4,7,15H2,1H3,(H,16,19)(H,17,18). The van der Waals surface area contributed by atoms with Gasteiger partial charge < -0.3 is 21.1 Å². The first kappa shape index (κ1) is 14.2. The van der Waals surface area contributed by atoms with Gasteiger partial charge in [-0.1, -0.05) is 0 Å². The molecule has 0 bridgehead atoms. The summed E-state index contributed by atoms with van der Waals surface area (Å²) in [7, 11) is 1.49. The van der Waals surface area contributed by atoms with Gasteiger partial charge in [-0.25, -0.2) is 0 Å². The molecule has 20 heavy (non-hydrogen) atoms. The maximum atomic E-state index is 12.2. The Bertz CT molecular complexity index is 516. The van der Waals surface area contributed by atoms with Crippen LogP contribution in [0.15, 0.2) is 18.2 Å². The highest BCUT2D eigenvalue weighted by Gasteiger charge is 2.23. The Kier molecular flexibility index (Phi) is 4.45. The van der Waals surface area contributed by atoms with Gasteiger partial charge in [-0.05, 0) is 37.5 Å². The Hall–Kier alpha value is -2.24. The largest absolute Gasteiger partial charge is 0.495 e. The third-order valence-corrected chi connectivity index (χ3v) is 3.34. The molecule has 1 saturated heterocycles. The third-order valence-electron chi connectivity index (χ3n) is 3.34. The van der Waals surface area contributed by atoms with Crippen molar-refractivity contribution in [1.29, 1.82) is 0 Å². The molecule has 2 rings (SSSR count). The number of benzene rings is 1. The summed E-state index contributed by atoms with van der Waals surface area (Å²) >= 11 is 0. The summed E-state index contributed by atoms with van der Waals surface area (Å²) in [5.74, 6) is 0.0200. The van der Waals surface area contributed by atoms with E-state index in [9.17, 15) is 9.59 Å². The van der Waals surface area contributed by atoms with Crippen LogP contribution in [-0.2, 0) is 4.79 Å². The predicted octanol–water partition coefficient (Wildman–Crippen LogP) is 0.676. The first-order valence-electron chi connectivity index (χ1n) is 6.64. The number of nitrogens with two attached hydrogens (primary N) is 1. The molecular weight excluding hydrogens is 258 g/mol. The van der Waals surface area contributed by atoms with Crippen LogP contribution in [-0.4, -0.2) is 31.5 Å². The quantitative estimate of drug-likeness (QED) is 0.708. The molecule has 0 saturated carbocycles. The number of hydrogen-bond donors (Lipinski definition) is 3. The van der Waals surface area contributed by atoms with Gasteiger partial charge in [0.15, 0.2) is 0 Å². The maximum absolute atomic E-state index is 12.2. The van der Waals surface area contributed by atoms with Gasteiger partial charge in [0.2, 0.25) is 5.91 Å². The topological polar surface area (TPSA) is 93.5 Å². The van der Waals surface area contributed by atoms with E-state index in [-0.39, 0.29) is 11.8 Å². The van der Waals surface area contributed by atoms with Crippen LogP contribution in [0, 0.1) is 0 Å². The van der Waals surface area contributed by atoms with E-state index in [1.165, 1.54) is 7.11 Å². The van der Waals surface area contributed by atoms with Crippen molar-refractivity contribution in [3.63, 3.8) is 0 Å². The van der Waals surface area contributed by atoms with E-state index in [2.05, 4.69) is 10.6 Å². The van der Waals surface area contributed by atoms with Crippen LogP contribution in [0.25, 0.3) is 0 Å². The summed E-state index contributed by atoms with van der Waals surface area (Å²) in [4.78, 5) is 24.0. The van der Waals surface area contributed by atoms with E-state index < -0.39 is 6.04 Å². The van der Waals surface area contributed by atoms with Gasteiger partial charge in [0, 0.05) is 12.1 Å². The zero-order valence-corrected chi connectivity index (χ0v) is 11.4. The van der Waals surface area contributed by atoms with Crippen LogP contribution in [0.3, 0.4) is 0 Å². The average Bonchev–Trinajstić information content (AvgIpc) is 2.64. The van der Waals surface area contributed by atoms with E-state index in [0.29, 0.717) is 30.0 Å². The lowest BCUT2D eigenvalue weighted by Crippen LogP contribution is -2.45. The van der Waals surface area contributed by atoms with E-state index in [0.717, 1.165) is 12.8 Å². The minimum Gasteiger partial charge on any atom is -0.495 e. The number of ether oxygens (including phenoxy) is 1. The van der Waals surface area contributed by atoms with Crippen LogP contribution < -0.4 is 21.1 Å². The first-order valence-corrected chi connectivity index (χ1v) is 6.64. The molecule has 0 aromatic heterocycles. The smallest absolute Gasteiger partial charge is 0.252 e. The molecule has 1 unspecified atom stereocenters. The Morgan fingerprint density at radius 2 is 2.25 bits per heavy atom. The molecule has 1 heterocycles. The number of anilines is 1. The summed E-state index contributed by atoms with van der Waals surface area (Å²) in [6, 6.07) is 4.32. The minimum atomic E-state index is -0.478. The van der Waals surface area contributed by atoms with Crippen molar-refractivity contribution in [3.8, 4) is 5.75 Å². The van der Waals surface area contributed by atoms with Crippen LogP contribution in [0.1, 0.15) is 29.6 Å². The normalized spacial score (nSPS) is 18.9. The van der Waals surface area contributed by atoms with Crippen LogP contribution in [0.2, 0.25) is 0 Å².